The van der Waals surface area contributed by atoms with E-state index in [4.69, 9.17) is 10.5 Å². The normalized spacial score (nSPS) is 15.4. The highest BCUT2D eigenvalue weighted by Crippen LogP contribution is 2.38. The van der Waals surface area contributed by atoms with Crippen LogP contribution in [0.4, 0.5) is 5.82 Å². The van der Waals surface area contributed by atoms with Gasteiger partial charge >= 0.3 is 0 Å². The molecule has 3 N–H and O–H groups in total. The molecule has 182 valence electrons. The van der Waals surface area contributed by atoms with Gasteiger partial charge < -0.3 is 15.8 Å². The summed E-state index contributed by atoms with van der Waals surface area (Å²) in [5, 5.41) is 2.82. The molecule has 2 aliphatic rings. The highest BCUT2D eigenvalue weighted by molar-refractivity contribution is 7.89. The van der Waals surface area contributed by atoms with Gasteiger partial charge in [0.1, 0.15) is 11.6 Å². The number of carbonyl (C=O) groups is 1. The average molecular weight is 493 g/mol. The molecule has 1 fully saturated rings. The number of fused-ring (bicyclic) bond motifs is 1. The smallest absolute Gasteiger partial charge is 0.251 e. The van der Waals surface area contributed by atoms with E-state index < -0.39 is 10.0 Å². The van der Waals surface area contributed by atoms with E-state index in [2.05, 4.69) is 10.3 Å². The summed E-state index contributed by atoms with van der Waals surface area (Å²) in [6.07, 6.45) is 3.27. The van der Waals surface area contributed by atoms with Gasteiger partial charge in [0, 0.05) is 54.2 Å². The van der Waals surface area contributed by atoms with Crippen LogP contribution >= 0.6 is 0 Å². The van der Waals surface area contributed by atoms with E-state index in [1.54, 1.807) is 37.5 Å². The van der Waals surface area contributed by atoms with E-state index in [0.29, 0.717) is 23.7 Å². The van der Waals surface area contributed by atoms with Crippen molar-refractivity contribution in [1.29, 1.82) is 0 Å². The van der Waals surface area contributed by atoms with Gasteiger partial charge in [-0.1, -0.05) is 6.07 Å². The molecule has 1 aliphatic heterocycles. The number of aromatic nitrogens is 1. The summed E-state index contributed by atoms with van der Waals surface area (Å²) in [6, 6.07) is 12.5. The van der Waals surface area contributed by atoms with Crippen LogP contribution in [0.3, 0.4) is 0 Å². The third kappa shape index (κ3) is 4.37. The number of nitrogen functional groups attached to an aromatic ring is 1. The molecule has 0 spiro atoms. The molecule has 0 radical (unpaired) electrons. The second-order valence-corrected chi connectivity index (χ2v) is 11.3. The molecule has 5 rings (SSSR count). The van der Waals surface area contributed by atoms with Gasteiger partial charge in [-0.25, -0.2) is 13.4 Å². The van der Waals surface area contributed by atoms with Crippen LogP contribution in [0.25, 0.3) is 22.3 Å². The lowest BCUT2D eigenvalue weighted by Gasteiger charge is -2.20. The molecular formula is C26H28N4O4S. The van der Waals surface area contributed by atoms with Crippen molar-refractivity contribution in [3.8, 4) is 28.0 Å². The number of carbonyl (C=O) groups excluding carboxylic acids is 1. The minimum absolute atomic E-state index is 0.0656. The van der Waals surface area contributed by atoms with Crippen LogP contribution in [0.5, 0.6) is 5.75 Å². The first-order valence-corrected chi connectivity index (χ1v) is 13.1. The molecule has 1 aromatic heterocycles. The molecule has 3 aromatic rings. The van der Waals surface area contributed by atoms with Crippen LogP contribution in [-0.4, -0.2) is 42.8 Å². The van der Waals surface area contributed by atoms with Gasteiger partial charge in [0.15, 0.2) is 0 Å². The summed E-state index contributed by atoms with van der Waals surface area (Å²) >= 11 is 0. The molecule has 0 saturated heterocycles. The highest BCUT2D eigenvalue weighted by atomic mass is 32.2. The number of rotatable bonds is 7. The lowest BCUT2D eigenvalue weighted by Crippen LogP contribution is -2.29. The van der Waals surface area contributed by atoms with Crippen molar-refractivity contribution in [2.24, 2.45) is 0 Å². The molecule has 0 atom stereocenters. The summed E-state index contributed by atoms with van der Waals surface area (Å²) in [6.45, 7) is 4.27. The van der Waals surface area contributed by atoms with Crippen LogP contribution in [0.1, 0.15) is 42.6 Å². The standard InChI is InChI=1S/C26H28N4O4S/c1-15(2)34-24-12-20(35(32,33)30(3)19-5-6-19)7-9-21(24)18-11-23(25(27)28-13-18)16-4-8-22-17(10-16)14-29-26(22)31/h4,7-13,15,19H,5-6,14H2,1-3H3,(H2,27,28)(H,29,31). The van der Waals surface area contributed by atoms with E-state index >= 15 is 0 Å². The molecule has 0 bridgehead atoms. The van der Waals surface area contributed by atoms with Crippen molar-refractivity contribution in [3.63, 3.8) is 0 Å². The second kappa shape index (κ2) is 8.66. The third-order valence-electron chi connectivity index (χ3n) is 6.38. The zero-order valence-electron chi connectivity index (χ0n) is 19.9. The van der Waals surface area contributed by atoms with Gasteiger partial charge in [-0.05, 0) is 68.1 Å². The Balaban J connectivity index is 1.57. The first-order chi connectivity index (χ1) is 16.6. The number of hydrogen-bond acceptors (Lipinski definition) is 6. The molecular weight excluding hydrogens is 464 g/mol. The summed E-state index contributed by atoms with van der Waals surface area (Å²) in [7, 11) is -1.99. The largest absolute Gasteiger partial charge is 0.490 e. The van der Waals surface area contributed by atoms with Gasteiger partial charge in [-0.15, -0.1) is 0 Å². The van der Waals surface area contributed by atoms with Crippen molar-refractivity contribution in [2.45, 2.75) is 50.3 Å². The number of anilines is 1. The molecule has 0 unspecified atom stereocenters. The van der Waals surface area contributed by atoms with Crippen LogP contribution in [0, 0.1) is 0 Å². The Bertz CT molecular complexity index is 1430. The Kier molecular flexibility index (Phi) is 5.77. The van der Waals surface area contributed by atoms with E-state index in [1.807, 2.05) is 32.0 Å². The Labute approximate surface area is 205 Å². The van der Waals surface area contributed by atoms with Crippen molar-refractivity contribution in [3.05, 3.63) is 59.8 Å². The van der Waals surface area contributed by atoms with Gasteiger partial charge in [0.25, 0.3) is 5.91 Å². The quantitative estimate of drug-likeness (QED) is 0.518. The lowest BCUT2D eigenvalue weighted by atomic mass is 9.97. The Hall–Kier alpha value is -3.43. The van der Waals surface area contributed by atoms with E-state index in [1.165, 1.54) is 4.31 Å². The summed E-state index contributed by atoms with van der Waals surface area (Å²) in [5.41, 5.74) is 10.9. The van der Waals surface area contributed by atoms with Gasteiger partial charge in [-0.2, -0.15) is 4.31 Å². The minimum atomic E-state index is -3.62. The van der Waals surface area contributed by atoms with Gasteiger partial charge in [0.05, 0.1) is 11.0 Å². The number of hydrogen-bond donors (Lipinski definition) is 2. The second-order valence-electron chi connectivity index (χ2n) is 9.29. The number of sulfonamides is 1. The average Bonchev–Trinajstić information content (AvgIpc) is 3.61. The lowest BCUT2D eigenvalue weighted by molar-refractivity contribution is 0.0965. The Morgan fingerprint density at radius 3 is 2.51 bits per heavy atom. The highest BCUT2D eigenvalue weighted by Gasteiger charge is 2.35. The molecule has 2 aromatic carbocycles. The number of pyridine rings is 1. The molecule has 1 amide bonds. The number of nitrogens with zero attached hydrogens (tertiary/aromatic N) is 2. The third-order valence-corrected chi connectivity index (χ3v) is 8.29. The molecule has 1 saturated carbocycles. The van der Waals surface area contributed by atoms with Crippen molar-refractivity contribution >= 4 is 21.7 Å². The summed E-state index contributed by atoms with van der Waals surface area (Å²) < 4.78 is 33.7. The van der Waals surface area contributed by atoms with E-state index in [0.717, 1.165) is 40.7 Å². The SMILES string of the molecule is CC(C)Oc1cc(S(=O)(=O)N(C)C2CC2)ccc1-c1cnc(N)c(-c2ccc3c(c2)CNC3=O)c1. The molecule has 2 heterocycles. The topological polar surface area (TPSA) is 115 Å². The van der Waals surface area contributed by atoms with Gasteiger partial charge in [-0.3, -0.25) is 4.79 Å². The monoisotopic (exact) mass is 492 g/mol. The van der Waals surface area contributed by atoms with Gasteiger partial charge in [0.2, 0.25) is 10.0 Å². The number of benzene rings is 2. The molecule has 35 heavy (non-hydrogen) atoms. The number of nitrogens with one attached hydrogen (secondary N) is 1. The maximum absolute atomic E-state index is 13.1. The minimum Gasteiger partial charge on any atom is -0.490 e. The first kappa shape index (κ1) is 23.3. The fourth-order valence-corrected chi connectivity index (χ4v) is 5.74. The van der Waals surface area contributed by atoms with Crippen LogP contribution < -0.4 is 15.8 Å². The Morgan fingerprint density at radius 1 is 1.06 bits per heavy atom. The molecule has 8 nitrogen and oxygen atoms in total. The Morgan fingerprint density at radius 2 is 1.80 bits per heavy atom. The molecule has 9 heteroatoms. The number of amides is 1. The summed E-state index contributed by atoms with van der Waals surface area (Å²) in [5.74, 6) is 0.748. The number of ether oxygens (including phenoxy) is 1. The fraction of sp³-hybridized carbons (Fsp3) is 0.308. The van der Waals surface area contributed by atoms with E-state index in [9.17, 15) is 13.2 Å². The zero-order valence-corrected chi connectivity index (χ0v) is 20.7. The predicted octanol–water partition coefficient (Wildman–Crippen LogP) is 3.81. The van der Waals surface area contributed by atoms with Crippen LogP contribution in [-0.2, 0) is 16.6 Å². The van der Waals surface area contributed by atoms with Crippen LogP contribution in [0.15, 0.2) is 53.6 Å². The predicted molar refractivity (Wildman–Crippen MR) is 134 cm³/mol. The van der Waals surface area contributed by atoms with Crippen LogP contribution in [0.2, 0.25) is 0 Å². The first-order valence-electron chi connectivity index (χ1n) is 11.6. The van der Waals surface area contributed by atoms with Crippen molar-refractivity contribution in [2.75, 3.05) is 12.8 Å². The maximum Gasteiger partial charge on any atom is 0.251 e. The maximum atomic E-state index is 13.1. The number of nitrogens with two attached hydrogens (primary N) is 1. The zero-order chi connectivity index (χ0) is 24.9. The summed E-state index contributed by atoms with van der Waals surface area (Å²) in [4.78, 5) is 16.5. The van der Waals surface area contributed by atoms with Crippen molar-refractivity contribution < 1.29 is 17.9 Å². The fourth-order valence-electron chi connectivity index (χ4n) is 4.31. The van der Waals surface area contributed by atoms with Crippen molar-refractivity contribution in [1.82, 2.24) is 14.6 Å². The molecule has 1 aliphatic carbocycles. The van der Waals surface area contributed by atoms with E-state index in [-0.39, 0.29) is 22.9 Å².